The highest BCUT2D eigenvalue weighted by Crippen LogP contribution is 2.30. The molecular formula is C27H31ClF3N5O2. The van der Waals surface area contributed by atoms with Gasteiger partial charge in [-0.05, 0) is 61.9 Å². The smallest absolute Gasteiger partial charge is 0.353 e. The lowest BCUT2D eigenvalue weighted by atomic mass is 9.88. The molecule has 4 rings (SSSR count). The summed E-state index contributed by atoms with van der Waals surface area (Å²) < 4.78 is 38.1. The molecule has 2 aromatic rings. The molecule has 1 unspecified atom stereocenters. The van der Waals surface area contributed by atoms with E-state index in [4.69, 9.17) is 11.6 Å². The van der Waals surface area contributed by atoms with Crippen molar-refractivity contribution in [3.63, 3.8) is 0 Å². The van der Waals surface area contributed by atoms with Crippen molar-refractivity contribution in [3.05, 3.63) is 58.5 Å². The van der Waals surface area contributed by atoms with Crippen molar-refractivity contribution in [2.24, 2.45) is 5.92 Å². The minimum Gasteiger partial charge on any atom is -0.353 e. The first-order valence-corrected chi connectivity index (χ1v) is 13.2. The Hall–Kier alpha value is -3.14. The van der Waals surface area contributed by atoms with Gasteiger partial charge in [-0.3, -0.25) is 15.1 Å². The monoisotopic (exact) mass is 549 g/mol. The number of alkyl halides is 3. The Kier molecular flexibility index (Phi) is 8.91. The van der Waals surface area contributed by atoms with Crippen LogP contribution in [0.4, 0.5) is 23.8 Å². The van der Waals surface area contributed by atoms with E-state index in [0.717, 1.165) is 49.0 Å². The van der Waals surface area contributed by atoms with E-state index in [-0.39, 0.29) is 23.7 Å². The van der Waals surface area contributed by atoms with E-state index < -0.39 is 17.8 Å². The number of aromatic nitrogens is 2. The van der Waals surface area contributed by atoms with E-state index in [1.807, 2.05) is 19.1 Å². The Morgan fingerprint density at radius 3 is 2.53 bits per heavy atom. The molecule has 0 saturated heterocycles. The highest BCUT2D eigenvalue weighted by atomic mass is 35.5. The van der Waals surface area contributed by atoms with Crippen molar-refractivity contribution >= 4 is 34.9 Å². The van der Waals surface area contributed by atoms with Crippen molar-refractivity contribution in [1.82, 2.24) is 20.2 Å². The zero-order valence-corrected chi connectivity index (χ0v) is 21.9. The fourth-order valence-corrected chi connectivity index (χ4v) is 5.16. The lowest BCUT2D eigenvalue weighted by Crippen LogP contribution is -2.39. The van der Waals surface area contributed by atoms with Gasteiger partial charge in [0.05, 0.1) is 16.3 Å². The largest absolute Gasteiger partial charge is 0.417 e. The van der Waals surface area contributed by atoms with Crippen molar-refractivity contribution in [1.29, 1.82) is 0 Å². The van der Waals surface area contributed by atoms with E-state index in [2.05, 4.69) is 20.6 Å². The predicted molar refractivity (Wildman–Crippen MR) is 140 cm³/mol. The van der Waals surface area contributed by atoms with Crippen molar-refractivity contribution in [2.45, 2.75) is 64.1 Å². The summed E-state index contributed by atoms with van der Waals surface area (Å²) in [6, 6.07) is 3.38. The van der Waals surface area contributed by atoms with Crippen LogP contribution < -0.4 is 10.6 Å². The summed E-state index contributed by atoms with van der Waals surface area (Å²) in [7, 11) is 0. The van der Waals surface area contributed by atoms with Crippen molar-refractivity contribution in [3.8, 4) is 0 Å². The maximum Gasteiger partial charge on any atom is 0.417 e. The number of anilines is 1. The fourth-order valence-electron chi connectivity index (χ4n) is 4.85. The molecule has 3 amide bonds. The van der Waals surface area contributed by atoms with Crippen LogP contribution in [0.2, 0.25) is 5.02 Å². The van der Waals surface area contributed by atoms with Crippen molar-refractivity contribution in [2.75, 3.05) is 18.4 Å². The molecule has 1 saturated carbocycles. The van der Waals surface area contributed by atoms with Gasteiger partial charge < -0.3 is 10.2 Å². The number of pyridine rings is 2. The van der Waals surface area contributed by atoms with E-state index in [1.54, 1.807) is 6.20 Å². The molecule has 1 aliphatic carbocycles. The minimum atomic E-state index is -4.49. The average Bonchev–Trinajstić information content (AvgIpc) is 2.89. The van der Waals surface area contributed by atoms with Gasteiger partial charge in [-0.2, -0.15) is 13.2 Å². The first-order chi connectivity index (χ1) is 18.1. The third-order valence-electron chi connectivity index (χ3n) is 6.93. The fraction of sp³-hybridized carbons (Fsp3) is 0.481. The third-order valence-corrected chi connectivity index (χ3v) is 7.22. The number of amides is 3. The van der Waals surface area contributed by atoms with Crippen LogP contribution in [0.15, 0.2) is 36.7 Å². The van der Waals surface area contributed by atoms with Crippen LogP contribution in [-0.4, -0.2) is 45.9 Å². The molecule has 2 aliphatic rings. The molecule has 1 fully saturated rings. The normalized spacial score (nSPS) is 17.5. The molecule has 0 bridgehead atoms. The zero-order chi connectivity index (χ0) is 27.3. The Morgan fingerprint density at radius 2 is 1.92 bits per heavy atom. The molecule has 0 spiro atoms. The second-order valence-corrected chi connectivity index (χ2v) is 10.3. The Balaban J connectivity index is 1.30. The number of carbonyl (C=O) groups is 2. The molecule has 204 valence electrons. The van der Waals surface area contributed by atoms with Crippen LogP contribution in [0.25, 0.3) is 5.57 Å². The first-order valence-electron chi connectivity index (χ1n) is 12.8. The number of urea groups is 1. The van der Waals surface area contributed by atoms with Gasteiger partial charge in [0.2, 0.25) is 5.91 Å². The van der Waals surface area contributed by atoms with Gasteiger partial charge in [0.25, 0.3) is 0 Å². The number of nitrogens with zero attached hydrogens (tertiary/aromatic N) is 3. The van der Waals surface area contributed by atoms with Gasteiger partial charge in [0.15, 0.2) is 0 Å². The van der Waals surface area contributed by atoms with Gasteiger partial charge in [-0.25, -0.2) is 9.78 Å². The van der Waals surface area contributed by atoms with Crippen LogP contribution in [0.3, 0.4) is 0 Å². The van der Waals surface area contributed by atoms with Gasteiger partial charge in [0.1, 0.15) is 5.82 Å². The summed E-state index contributed by atoms with van der Waals surface area (Å²) in [5.74, 6) is 0.284. The second kappa shape index (κ2) is 12.1. The highest BCUT2D eigenvalue weighted by molar-refractivity contribution is 6.32. The Labute approximate surface area is 224 Å². The maximum atomic E-state index is 12.7. The van der Waals surface area contributed by atoms with Gasteiger partial charge in [-0.1, -0.05) is 36.9 Å². The molecule has 1 aliphatic heterocycles. The van der Waals surface area contributed by atoms with Gasteiger partial charge >= 0.3 is 12.2 Å². The van der Waals surface area contributed by atoms with Crippen LogP contribution in [0.1, 0.15) is 62.3 Å². The topological polar surface area (TPSA) is 87.2 Å². The van der Waals surface area contributed by atoms with Gasteiger partial charge in [-0.15, -0.1) is 0 Å². The second-order valence-electron chi connectivity index (χ2n) is 9.91. The van der Waals surface area contributed by atoms with E-state index in [0.29, 0.717) is 42.8 Å². The minimum absolute atomic E-state index is 0.0340. The molecule has 1 atom stereocenters. The Bertz CT molecular complexity index is 1180. The average molecular weight is 550 g/mol. The summed E-state index contributed by atoms with van der Waals surface area (Å²) in [6.45, 7) is 2.67. The number of nitrogens with one attached hydrogen (secondary N) is 2. The predicted octanol–water partition coefficient (Wildman–Crippen LogP) is 6.10. The molecule has 2 N–H and O–H groups in total. The quantitative estimate of drug-likeness (QED) is 0.456. The Morgan fingerprint density at radius 1 is 1.16 bits per heavy atom. The number of rotatable bonds is 6. The SMILES string of the molecule is CC(Cc1cnc(C2=CCN(C(=O)Nc3ccc(C(F)(F)F)cn3)CC2)c(Cl)c1)NC(=O)C1CCCCC1. The maximum absolute atomic E-state index is 12.7. The first kappa shape index (κ1) is 27.9. The molecule has 11 heteroatoms. The molecule has 7 nitrogen and oxygen atoms in total. The zero-order valence-electron chi connectivity index (χ0n) is 21.2. The van der Waals surface area contributed by atoms with E-state index in [1.165, 1.54) is 11.3 Å². The van der Waals surface area contributed by atoms with Crippen LogP contribution in [0, 0.1) is 5.92 Å². The molecule has 2 aromatic heterocycles. The lowest BCUT2D eigenvalue weighted by molar-refractivity contribution is -0.137. The van der Waals surface area contributed by atoms with Crippen molar-refractivity contribution < 1.29 is 22.8 Å². The summed E-state index contributed by atoms with van der Waals surface area (Å²) in [5.41, 5.74) is 1.61. The summed E-state index contributed by atoms with van der Waals surface area (Å²) in [6.07, 6.45) is 6.32. The molecule has 0 aromatic carbocycles. The lowest BCUT2D eigenvalue weighted by Gasteiger charge is -2.26. The highest BCUT2D eigenvalue weighted by Gasteiger charge is 2.31. The number of hydrogen-bond acceptors (Lipinski definition) is 4. The van der Waals surface area contributed by atoms with Gasteiger partial charge in [0, 0.05) is 37.4 Å². The summed E-state index contributed by atoms with van der Waals surface area (Å²) in [4.78, 5) is 34.8. The van der Waals surface area contributed by atoms with Crippen LogP contribution in [-0.2, 0) is 17.4 Å². The number of hydrogen-bond donors (Lipinski definition) is 2. The summed E-state index contributed by atoms with van der Waals surface area (Å²) >= 11 is 6.55. The third kappa shape index (κ3) is 7.24. The summed E-state index contributed by atoms with van der Waals surface area (Å²) in [5, 5.41) is 6.15. The van der Waals surface area contributed by atoms with Crippen LogP contribution in [0.5, 0.6) is 0 Å². The number of halogens is 4. The standard InChI is InChI=1S/C27H31ClF3N5O2/c1-17(34-25(37)20-5-3-2-4-6-20)13-18-14-22(28)24(33-15-18)19-9-11-36(12-10-19)26(38)35-23-8-7-21(16-32-23)27(29,30)31/h7-9,14-17,20H,2-6,10-13H2,1H3,(H,34,37)(H,32,35,38). The van der Waals surface area contributed by atoms with E-state index >= 15 is 0 Å². The van der Waals surface area contributed by atoms with Crippen LogP contribution >= 0.6 is 11.6 Å². The molecule has 0 radical (unpaired) electrons. The van der Waals surface area contributed by atoms with E-state index in [9.17, 15) is 22.8 Å². The molecular weight excluding hydrogens is 519 g/mol. The molecule has 38 heavy (non-hydrogen) atoms. The molecule has 3 heterocycles. The number of carbonyl (C=O) groups excluding carboxylic acids is 2.